The topological polar surface area (TPSA) is 82.6 Å². The van der Waals surface area contributed by atoms with E-state index in [1.165, 1.54) is 24.2 Å². The summed E-state index contributed by atoms with van der Waals surface area (Å²) >= 11 is 1.54. The summed E-state index contributed by atoms with van der Waals surface area (Å²) in [6, 6.07) is 1.87. The van der Waals surface area contributed by atoms with Gasteiger partial charge in [0.2, 0.25) is 5.95 Å². The van der Waals surface area contributed by atoms with Gasteiger partial charge in [-0.2, -0.15) is 5.10 Å². The maximum Gasteiger partial charge on any atom is 0.229 e. The molecule has 0 amide bonds. The van der Waals surface area contributed by atoms with E-state index in [4.69, 9.17) is 0 Å². The van der Waals surface area contributed by atoms with Crippen LogP contribution >= 0.6 is 11.3 Å². The summed E-state index contributed by atoms with van der Waals surface area (Å²) in [5.74, 6) is 1.63. The lowest BCUT2D eigenvalue weighted by molar-refractivity contribution is 0.921. The molecular weight excluding hydrogens is 310 g/mol. The Balaban J connectivity index is 1.57. The normalized spacial score (nSPS) is 14.4. The lowest BCUT2D eigenvalue weighted by atomic mass is 10.2. The maximum atomic E-state index is 4.65. The van der Waals surface area contributed by atoms with E-state index in [1.54, 1.807) is 6.20 Å². The van der Waals surface area contributed by atoms with E-state index < -0.39 is 0 Å². The van der Waals surface area contributed by atoms with Crippen molar-refractivity contribution in [2.24, 2.45) is 0 Å². The van der Waals surface area contributed by atoms with E-state index in [0.29, 0.717) is 5.95 Å². The van der Waals surface area contributed by atoms with Gasteiger partial charge in [-0.05, 0) is 25.8 Å². The van der Waals surface area contributed by atoms with Gasteiger partial charge in [0.25, 0.3) is 0 Å². The number of aromatic amines is 1. The van der Waals surface area contributed by atoms with Gasteiger partial charge in [-0.25, -0.2) is 15.0 Å². The average molecular weight is 327 g/mol. The number of nitrogens with one attached hydrogen (secondary N) is 2. The second-order valence-electron chi connectivity index (χ2n) is 5.51. The van der Waals surface area contributed by atoms with Gasteiger partial charge in [0, 0.05) is 30.4 Å². The Kier molecular flexibility index (Phi) is 3.66. The highest BCUT2D eigenvalue weighted by atomic mass is 32.1. The molecule has 0 bridgehead atoms. The van der Waals surface area contributed by atoms with Crippen LogP contribution in [0.1, 0.15) is 18.5 Å². The van der Waals surface area contributed by atoms with Crippen molar-refractivity contribution in [3.05, 3.63) is 29.5 Å². The van der Waals surface area contributed by atoms with Crippen LogP contribution in [-0.4, -0.2) is 38.2 Å². The van der Waals surface area contributed by atoms with Crippen LogP contribution < -0.4 is 10.2 Å². The smallest absolute Gasteiger partial charge is 0.229 e. The summed E-state index contributed by atoms with van der Waals surface area (Å²) in [6.07, 6.45) is 6.04. The third-order valence-corrected chi connectivity index (χ3v) is 4.59. The zero-order valence-electron chi connectivity index (χ0n) is 12.8. The average Bonchev–Trinajstić information content (AvgIpc) is 3.28. The van der Waals surface area contributed by atoms with E-state index >= 15 is 0 Å². The molecule has 4 heterocycles. The van der Waals surface area contributed by atoms with Crippen LogP contribution in [0.25, 0.3) is 11.3 Å². The Hall–Kier alpha value is -2.48. The first-order valence-electron chi connectivity index (χ1n) is 7.60. The molecule has 0 radical (unpaired) electrons. The summed E-state index contributed by atoms with van der Waals surface area (Å²) in [4.78, 5) is 15.5. The van der Waals surface area contributed by atoms with Crippen molar-refractivity contribution in [1.82, 2.24) is 25.1 Å². The van der Waals surface area contributed by atoms with Crippen LogP contribution in [-0.2, 0) is 0 Å². The molecule has 7 nitrogen and oxygen atoms in total. The maximum absolute atomic E-state index is 4.65. The number of hydrogen-bond acceptors (Lipinski definition) is 7. The first-order valence-corrected chi connectivity index (χ1v) is 8.48. The summed E-state index contributed by atoms with van der Waals surface area (Å²) in [5.41, 5.74) is 2.88. The molecule has 4 rings (SSSR count). The number of rotatable bonds is 4. The van der Waals surface area contributed by atoms with Gasteiger partial charge >= 0.3 is 0 Å². The highest BCUT2D eigenvalue weighted by molar-refractivity contribution is 7.14. The molecule has 0 unspecified atom stereocenters. The molecule has 0 saturated carbocycles. The third kappa shape index (κ3) is 2.89. The molecule has 1 saturated heterocycles. The number of aryl methyl sites for hydroxylation is 1. The molecular formula is C15H17N7S. The second kappa shape index (κ2) is 5.96. The summed E-state index contributed by atoms with van der Waals surface area (Å²) < 4.78 is 0. The number of thiazole rings is 1. The van der Waals surface area contributed by atoms with Crippen molar-refractivity contribution in [3.8, 4) is 11.3 Å². The van der Waals surface area contributed by atoms with Gasteiger partial charge in [0.05, 0.1) is 17.5 Å². The number of hydrogen-bond donors (Lipinski definition) is 2. The monoisotopic (exact) mass is 327 g/mol. The van der Waals surface area contributed by atoms with E-state index in [2.05, 4.69) is 35.4 Å². The third-order valence-electron chi connectivity index (χ3n) is 3.84. The molecule has 0 spiro atoms. The fourth-order valence-corrected chi connectivity index (χ4v) is 3.41. The minimum Gasteiger partial charge on any atom is -0.356 e. The Morgan fingerprint density at radius 1 is 1.26 bits per heavy atom. The standard InChI is InChI=1S/C15H17N7S/c1-10-4-5-16-14(18-10)20-15-19-12(9-23-15)11-8-17-21-13(11)22-6-2-3-7-22/h4-5,8-9H,2-3,6-7H2,1H3,(H,17,21)(H,16,18,19,20). The lowest BCUT2D eigenvalue weighted by Crippen LogP contribution is -2.18. The fraction of sp³-hybridized carbons (Fsp3) is 0.333. The molecule has 3 aromatic rings. The molecule has 3 aromatic heterocycles. The molecule has 8 heteroatoms. The molecule has 1 fully saturated rings. The minimum absolute atomic E-state index is 0.567. The van der Waals surface area contributed by atoms with Gasteiger partial charge in [0.15, 0.2) is 5.13 Å². The van der Waals surface area contributed by atoms with Gasteiger partial charge in [-0.1, -0.05) is 0 Å². The first kappa shape index (κ1) is 14.1. The van der Waals surface area contributed by atoms with E-state index in [9.17, 15) is 0 Å². The zero-order chi connectivity index (χ0) is 15.6. The van der Waals surface area contributed by atoms with Crippen LogP contribution in [0, 0.1) is 6.92 Å². The van der Waals surface area contributed by atoms with Gasteiger partial charge in [0.1, 0.15) is 5.82 Å². The van der Waals surface area contributed by atoms with Crippen LogP contribution in [0.3, 0.4) is 0 Å². The SMILES string of the molecule is Cc1ccnc(Nc2nc(-c3cn[nH]c3N3CCCC3)cs2)n1. The zero-order valence-corrected chi connectivity index (χ0v) is 13.6. The predicted molar refractivity (Wildman–Crippen MR) is 91.2 cm³/mol. The van der Waals surface area contributed by atoms with Crippen LogP contribution in [0.4, 0.5) is 16.9 Å². The Labute approximate surface area is 137 Å². The van der Waals surface area contributed by atoms with Crippen molar-refractivity contribution in [2.45, 2.75) is 19.8 Å². The van der Waals surface area contributed by atoms with Crippen molar-refractivity contribution < 1.29 is 0 Å². The predicted octanol–water partition coefficient (Wildman–Crippen LogP) is 2.98. The summed E-state index contributed by atoms with van der Waals surface area (Å²) in [6.45, 7) is 4.08. The number of aromatic nitrogens is 5. The molecule has 1 aliphatic rings. The van der Waals surface area contributed by atoms with E-state index in [1.807, 2.05) is 24.6 Å². The Bertz CT molecular complexity index is 804. The van der Waals surface area contributed by atoms with Crippen molar-refractivity contribution >= 4 is 28.2 Å². The van der Waals surface area contributed by atoms with Crippen LogP contribution in [0.15, 0.2) is 23.8 Å². The largest absolute Gasteiger partial charge is 0.356 e. The van der Waals surface area contributed by atoms with Crippen LogP contribution in [0.2, 0.25) is 0 Å². The van der Waals surface area contributed by atoms with Gasteiger partial charge < -0.3 is 10.2 Å². The highest BCUT2D eigenvalue weighted by Gasteiger charge is 2.20. The number of H-pyrrole nitrogens is 1. The summed E-state index contributed by atoms with van der Waals surface area (Å²) in [5, 5.41) is 13.3. The molecule has 1 aliphatic heterocycles. The molecule has 23 heavy (non-hydrogen) atoms. The van der Waals surface area contributed by atoms with Crippen molar-refractivity contribution in [1.29, 1.82) is 0 Å². The quantitative estimate of drug-likeness (QED) is 0.766. The Morgan fingerprint density at radius 3 is 2.96 bits per heavy atom. The van der Waals surface area contributed by atoms with Crippen molar-refractivity contribution in [3.63, 3.8) is 0 Å². The minimum atomic E-state index is 0.567. The van der Waals surface area contributed by atoms with Crippen molar-refractivity contribution in [2.75, 3.05) is 23.3 Å². The fourth-order valence-electron chi connectivity index (χ4n) is 2.71. The number of nitrogens with zero attached hydrogens (tertiary/aromatic N) is 5. The van der Waals surface area contributed by atoms with Gasteiger partial charge in [-0.15, -0.1) is 11.3 Å². The van der Waals surface area contributed by atoms with E-state index in [-0.39, 0.29) is 0 Å². The highest BCUT2D eigenvalue weighted by Crippen LogP contribution is 2.33. The number of anilines is 3. The Morgan fingerprint density at radius 2 is 2.13 bits per heavy atom. The molecule has 0 aromatic carbocycles. The second-order valence-corrected chi connectivity index (χ2v) is 6.37. The van der Waals surface area contributed by atoms with Crippen LogP contribution in [0.5, 0.6) is 0 Å². The first-order chi connectivity index (χ1) is 11.3. The molecule has 118 valence electrons. The lowest BCUT2D eigenvalue weighted by Gasteiger charge is -2.16. The molecule has 2 N–H and O–H groups in total. The summed E-state index contributed by atoms with van der Waals surface area (Å²) in [7, 11) is 0. The molecule has 0 atom stereocenters. The van der Waals surface area contributed by atoms with E-state index in [0.717, 1.165) is 41.0 Å². The molecule has 0 aliphatic carbocycles. The van der Waals surface area contributed by atoms with Gasteiger partial charge in [-0.3, -0.25) is 5.10 Å².